The van der Waals surface area contributed by atoms with Crippen molar-refractivity contribution in [1.29, 1.82) is 0 Å². The van der Waals surface area contributed by atoms with E-state index >= 15 is 0 Å². The zero-order valence-corrected chi connectivity index (χ0v) is 11.9. The average Bonchev–Trinajstić information content (AvgIpc) is 2.33. The van der Waals surface area contributed by atoms with Gasteiger partial charge in [-0.2, -0.15) is 0 Å². The van der Waals surface area contributed by atoms with Crippen LogP contribution in [0.2, 0.25) is 0 Å². The zero-order valence-electron chi connectivity index (χ0n) is 11.1. The summed E-state index contributed by atoms with van der Waals surface area (Å²) in [6.07, 6.45) is 1.52. The van der Waals surface area contributed by atoms with E-state index in [1.165, 1.54) is 12.1 Å². The minimum Gasteiger partial charge on any atom is -0.352 e. The molecule has 1 amide bonds. The molecule has 0 fully saturated rings. The largest absolute Gasteiger partial charge is 0.352 e. The molecule has 1 rings (SSSR count). The van der Waals surface area contributed by atoms with E-state index < -0.39 is 15.9 Å². The van der Waals surface area contributed by atoms with Crippen LogP contribution in [0.3, 0.4) is 0 Å². The van der Waals surface area contributed by atoms with Crippen LogP contribution in [0.1, 0.15) is 11.1 Å². The molecule has 0 saturated heterocycles. The molecule has 0 bridgehead atoms. The van der Waals surface area contributed by atoms with Crippen LogP contribution in [-0.2, 0) is 14.8 Å². The van der Waals surface area contributed by atoms with E-state index in [-0.39, 0.29) is 11.4 Å². The summed E-state index contributed by atoms with van der Waals surface area (Å²) in [6, 6.07) is 5.04. The number of carbonyl (C=O) groups excluding carboxylic acids is 1. The van der Waals surface area contributed by atoms with Crippen molar-refractivity contribution in [1.82, 2.24) is 10.0 Å². The first-order chi connectivity index (χ1) is 8.86. The van der Waals surface area contributed by atoms with Crippen LogP contribution >= 0.6 is 0 Å². The summed E-state index contributed by atoms with van der Waals surface area (Å²) in [5.41, 5.74) is 1.64. The number of benzene rings is 1. The lowest BCUT2D eigenvalue weighted by Gasteiger charge is -2.09. The molecular formula is C13H18N2O3S. The second kappa shape index (κ2) is 6.49. The highest BCUT2D eigenvalue weighted by Crippen LogP contribution is 2.15. The summed E-state index contributed by atoms with van der Waals surface area (Å²) in [6.45, 7) is 7.09. The van der Waals surface area contributed by atoms with Gasteiger partial charge in [0.25, 0.3) is 0 Å². The number of hydrogen-bond donors (Lipinski definition) is 2. The lowest BCUT2D eigenvalue weighted by molar-refractivity contribution is -0.119. The molecular weight excluding hydrogens is 264 g/mol. The van der Waals surface area contributed by atoms with Crippen LogP contribution < -0.4 is 10.0 Å². The third-order valence-corrected chi connectivity index (χ3v) is 4.05. The Morgan fingerprint density at radius 2 is 2.05 bits per heavy atom. The Hall–Kier alpha value is -1.66. The van der Waals surface area contributed by atoms with Crippen molar-refractivity contribution in [2.75, 3.05) is 13.1 Å². The minimum atomic E-state index is -3.66. The van der Waals surface area contributed by atoms with Crippen molar-refractivity contribution in [3.05, 3.63) is 42.0 Å². The summed E-state index contributed by atoms with van der Waals surface area (Å²) in [4.78, 5) is 11.5. The van der Waals surface area contributed by atoms with Gasteiger partial charge in [-0.05, 0) is 25.5 Å². The smallest absolute Gasteiger partial charge is 0.241 e. The summed E-state index contributed by atoms with van der Waals surface area (Å²) < 4.78 is 26.3. The molecule has 2 N–H and O–H groups in total. The topological polar surface area (TPSA) is 75.3 Å². The number of rotatable bonds is 6. The van der Waals surface area contributed by atoms with Crippen molar-refractivity contribution in [3.63, 3.8) is 0 Å². The Morgan fingerprint density at radius 3 is 2.63 bits per heavy atom. The van der Waals surface area contributed by atoms with E-state index in [1.54, 1.807) is 19.1 Å². The molecule has 6 heteroatoms. The number of nitrogens with one attached hydrogen (secondary N) is 2. The first-order valence-electron chi connectivity index (χ1n) is 5.81. The Balaban J connectivity index is 2.76. The van der Waals surface area contributed by atoms with Crippen molar-refractivity contribution < 1.29 is 13.2 Å². The molecule has 1 aromatic rings. The van der Waals surface area contributed by atoms with E-state index in [1.807, 2.05) is 6.92 Å². The molecule has 0 saturated carbocycles. The van der Waals surface area contributed by atoms with Crippen molar-refractivity contribution in [3.8, 4) is 0 Å². The normalized spacial score (nSPS) is 11.1. The van der Waals surface area contributed by atoms with Crippen molar-refractivity contribution in [2.45, 2.75) is 18.7 Å². The molecule has 5 nitrogen and oxygen atoms in total. The van der Waals surface area contributed by atoms with Gasteiger partial charge in [0.15, 0.2) is 0 Å². The second-order valence-electron chi connectivity index (χ2n) is 4.19. The lowest BCUT2D eigenvalue weighted by Crippen LogP contribution is -2.37. The van der Waals surface area contributed by atoms with Gasteiger partial charge in [0.2, 0.25) is 15.9 Å². The van der Waals surface area contributed by atoms with Crippen LogP contribution in [-0.4, -0.2) is 27.4 Å². The molecule has 0 heterocycles. The van der Waals surface area contributed by atoms with Gasteiger partial charge in [-0.25, -0.2) is 13.1 Å². The number of aryl methyl sites for hydroxylation is 2. The molecule has 0 radical (unpaired) electrons. The van der Waals surface area contributed by atoms with Gasteiger partial charge in [-0.15, -0.1) is 6.58 Å². The van der Waals surface area contributed by atoms with Gasteiger partial charge in [-0.1, -0.05) is 23.8 Å². The first-order valence-corrected chi connectivity index (χ1v) is 7.29. The fraction of sp³-hybridized carbons (Fsp3) is 0.308. The van der Waals surface area contributed by atoms with Crippen molar-refractivity contribution in [2.24, 2.45) is 0 Å². The van der Waals surface area contributed by atoms with Crippen LogP contribution in [0.5, 0.6) is 0 Å². The standard InChI is InChI=1S/C13H18N2O3S/c1-4-7-14-13(16)9-15-19(17,18)12-6-5-10(2)8-11(12)3/h4-6,8,15H,1,7,9H2,2-3H3,(H,14,16). The maximum absolute atomic E-state index is 12.0. The molecule has 1 aromatic carbocycles. The van der Waals surface area contributed by atoms with Gasteiger partial charge in [-0.3, -0.25) is 4.79 Å². The van der Waals surface area contributed by atoms with Gasteiger partial charge in [0, 0.05) is 6.54 Å². The van der Waals surface area contributed by atoms with E-state index in [0.717, 1.165) is 5.56 Å². The highest BCUT2D eigenvalue weighted by Gasteiger charge is 2.17. The molecule has 0 spiro atoms. The van der Waals surface area contributed by atoms with Gasteiger partial charge >= 0.3 is 0 Å². The molecule has 0 aromatic heterocycles. The maximum atomic E-state index is 12.0. The fourth-order valence-corrected chi connectivity index (χ4v) is 2.79. The first kappa shape index (κ1) is 15.4. The number of sulfonamides is 1. The Morgan fingerprint density at radius 1 is 1.37 bits per heavy atom. The highest BCUT2D eigenvalue weighted by molar-refractivity contribution is 7.89. The molecule has 0 aliphatic heterocycles. The number of amides is 1. The van der Waals surface area contributed by atoms with Crippen LogP contribution in [0.4, 0.5) is 0 Å². The quantitative estimate of drug-likeness (QED) is 0.761. The van der Waals surface area contributed by atoms with E-state index in [0.29, 0.717) is 12.1 Å². The summed E-state index contributed by atoms with van der Waals surface area (Å²) >= 11 is 0. The Kier molecular flexibility index (Phi) is 5.26. The maximum Gasteiger partial charge on any atom is 0.241 e. The fourth-order valence-electron chi connectivity index (χ4n) is 1.59. The average molecular weight is 282 g/mol. The SMILES string of the molecule is C=CCNC(=O)CNS(=O)(=O)c1ccc(C)cc1C. The molecule has 0 aliphatic rings. The van der Waals surface area contributed by atoms with E-state index in [9.17, 15) is 13.2 Å². The lowest BCUT2D eigenvalue weighted by atomic mass is 10.2. The van der Waals surface area contributed by atoms with Crippen molar-refractivity contribution >= 4 is 15.9 Å². The van der Waals surface area contributed by atoms with Crippen LogP contribution in [0.15, 0.2) is 35.7 Å². The molecule has 0 aliphatic carbocycles. The van der Waals surface area contributed by atoms with E-state index in [2.05, 4.69) is 16.6 Å². The molecule has 19 heavy (non-hydrogen) atoms. The van der Waals surface area contributed by atoms with Crippen LogP contribution in [0, 0.1) is 13.8 Å². The summed E-state index contributed by atoms with van der Waals surface area (Å²) in [5.74, 6) is -0.395. The summed E-state index contributed by atoms with van der Waals surface area (Å²) in [7, 11) is -3.66. The Labute approximate surface area is 113 Å². The number of carbonyl (C=O) groups is 1. The predicted octanol–water partition coefficient (Wildman–Crippen LogP) is 0.884. The monoisotopic (exact) mass is 282 g/mol. The molecule has 0 unspecified atom stereocenters. The van der Waals surface area contributed by atoms with Gasteiger partial charge < -0.3 is 5.32 Å². The molecule has 104 valence electrons. The third kappa shape index (κ3) is 4.50. The third-order valence-electron chi connectivity index (χ3n) is 2.49. The zero-order chi connectivity index (χ0) is 14.5. The summed E-state index contributed by atoms with van der Waals surface area (Å²) in [5, 5.41) is 2.50. The van der Waals surface area contributed by atoms with E-state index in [4.69, 9.17) is 0 Å². The predicted molar refractivity (Wildman–Crippen MR) is 74.3 cm³/mol. The highest BCUT2D eigenvalue weighted by atomic mass is 32.2. The Bertz CT molecular complexity index is 580. The van der Waals surface area contributed by atoms with Crippen LogP contribution in [0.25, 0.3) is 0 Å². The van der Waals surface area contributed by atoms with Gasteiger partial charge in [0.05, 0.1) is 11.4 Å². The molecule has 0 atom stereocenters. The van der Waals surface area contributed by atoms with Gasteiger partial charge in [0.1, 0.15) is 0 Å². The second-order valence-corrected chi connectivity index (χ2v) is 5.92. The minimum absolute atomic E-state index is 0.189. The number of hydrogen-bond acceptors (Lipinski definition) is 3.